The molecule has 6 nitrogen and oxygen atoms in total. The minimum atomic E-state index is -0.962. The number of carbonyl (C=O) groups is 2. The van der Waals surface area contributed by atoms with Crippen LogP contribution in [0, 0.1) is 0 Å². The molecule has 0 aromatic rings. The van der Waals surface area contributed by atoms with Crippen molar-refractivity contribution in [3.63, 3.8) is 0 Å². The smallest absolute Gasteiger partial charge is 0.326 e. The first-order chi connectivity index (χ1) is 9.45. The van der Waals surface area contributed by atoms with Crippen LogP contribution in [0.5, 0.6) is 0 Å². The quantitative estimate of drug-likeness (QED) is 0.763. The van der Waals surface area contributed by atoms with Crippen molar-refractivity contribution >= 4 is 23.8 Å². The van der Waals surface area contributed by atoms with Crippen LogP contribution in [-0.4, -0.2) is 78.2 Å². The molecule has 1 saturated heterocycles. The predicted octanol–water partition coefficient (Wildman–Crippen LogP) is 0.928. The minimum Gasteiger partial charge on any atom is -0.480 e. The first-order valence-electron chi connectivity index (χ1n) is 6.89. The monoisotopic (exact) mass is 303 g/mol. The van der Waals surface area contributed by atoms with Crippen LogP contribution in [0.15, 0.2) is 0 Å². The number of piperidine rings is 1. The molecule has 1 unspecified atom stereocenters. The number of hydrogen-bond donors (Lipinski definition) is 2. The number of hydrogen-bond acceptors (Lipinski definition) is 4. The summed E-state index contributed by atoms with van der Waals surface area (Å²) >= 11 is 1.58. The Morgan fingerprint density at radius 2 is 2.00 bits per heavy atom. The fourth-order valence-electron chi connectivity index (χ4n) is 2.32. The number of nitrogens with one attached hydrogen (secondary N) is 1. The number of thioether (sulfide) groups is 1. The second kappa shape index (κ2) is 8.36. The number of urea groups is 1. The van der Waals surface area contributed by atoms with Crippen molar-refractivity contribution in [1.29, 1.82) is 0 Å². The first-order valence-corrected chi connectivity index (χ1v) is 8.28. The van der Waals surface area contributed by atoms with Gasteiger partial charge in [-0.25, -0.2) is 9.59 Å². The highest BCUT2D eigenvalue weighted by atomic mass is 32.2. The maximum Gasteiger partial charge on any atom is 0.326 e. The summed E-state index contributed by atoms with van der Waals surface area (Å²) in [6, 6.07) is -0.539. The highest BCUT2D eigenvalue weighted by Crippen LogP contribution is 2.14. The van der Waals surface area contributed by atoms with Gasteiger partial charge < -0.3 is 20.2 Å². The van der Waals surface area contributed by atoms with Gasteiger partial charge in [-0.05, 0) is 45.4 Å². The normalized spacial score (nSPS) is 18.1. The van der Waals surface area contributed by atoms with Crippen LogP contribution in [0.4, 0.5) is 4.79 Å². The van der Waals surface area contributed by atoms with Gasteiger partial charge in [0.05, 0.1) is 0 Å². The first kappa shape index (κ1) is 17.1. The number of carbonyl (C=O) groups excluding carboxylic acids is 1. The summed E-state index contributed by atoms with van der Waals surface area (Å²) in [5, 5.41) is 11.7. The fraction of sp³-hybridized carbons (Fsp3) is 0.846. The van der Waals surface area contributed by atoms with Crippen molar-refractivity contribution in [2.75, 3.05) is 39.2 Å². The zero-order chi connectivity index (χ0) is 15.1. The van der Waals surface area contributed by atoms with E-state index in [1.807, 2.05) is 20.4 Å². The molecule has 0 aliphatic carbocycles. The van der Waals surface area contributed by atoms with Crippen LogP contribution in [0.2, 0.25) is 0 Å². The summed E-state index contributed by atoms with van der Waals surface area (Å²) in [7, 11) is 4.09. The lowest BCUT2D eigenvalue weighted by Gasteiger charge is -2.35. The Morgan fingerprint density at radius 3 is 2.45 bits per heavy atom. The van der Waals surface area contributed by atoms with Crippen molar-refractivity contribution in [3.8, 4) is 0 Å². The zero-order valence-corrected chi connectivity index (χ0v) is 13.3. The maximum absolute atomic E-state index is 12.1. The van der Waals surface area contributed by atoms with E-state index in [2.05, 4.69) is 10.2 Å². The summed E-state index contributed by atoms with van der Waals surface area (Å²) in [6.45, 7) is 1.37. The third kappa shape index (κ3) is 5.20. The molecule has 1 heterocycles. The van der Waals surface area contributed by atoms with Gasteiger partial charge in [0, 0.05) is 19.1 Å². The number of aliphatic carboxylic acids is 1. The van der Waals surface area contributed by atoms with E-state index in [0.717, 1.165) is 18.6 Å². The number of rotatable bonds is 6. The molecule has 1 atom stereocenters. The van der Waals surface area contributed by atoms with Crippen LogP contribution < -0.4 is 5.32 Å². The molecule has 0 saturated carbocycles. The summed E-state index contributed by atoms with van der Waals surface area (Å²) in [6.07, 6.45) is 4.25. The molecule has 1 rings (SSSR count). The third-order valence-electron chi connectivity index (χ3n) is 3.69. The molecule has 0 aromatic heterocycles. The lowest BCUT2D eigenvalue weighted by atomic mass is 10.0. The molecule has 1 aliphatic rings. The Hall–Kier alpha value is -0.950. The SMILES string of the molecule is CSCCC(NC(=O)N1CCC(N(C)C)CC1)C(=O)O. The summed E-state index contributed by atoms with van der Waals surface area (Å²) in [5.74, 6) is -0.240. The van der Waals surface area contributed by atoms with Crippen LogP contribution in [0.25, 0.3) is 0 Å². The standard InChI is InChI=1S/C13H25N3O3S/c1-15(2)10-4-7-16(8-5-10)13(19)14-11(12(17)18)6-9-20-3/h10-11H,4-9H2,1-3H3,(H,14,19)(H,17,18). The Kier molecular flexibility index (Phi) is 7.15. The molecule has 0 aromatic carbocycles. The Bertz CT molecular complexity index is 331. The lowest BCUT2D eigenvalue weighted by molar-refractivity contribution is -0.139. The average molecular weight is 303 g/mol. The third-order valence-corrected chi connectivity index (χ3v) is 4.33. The van der Waals surface area contributed by atoms with Crippen LogP contribution in [0.3, 0.4) is 0 Å². The lowest BCUT2D eigenvalue weighted by Crippen LogP contribution is -2.52. The minimum absolute atomic E-state index is 0.254. The number of carboxylic acids is 1. The van der Waals surface area contributed by atoms with Crippen molar-refractivity contribution in [3.05, 3.63) is 0 Å². The molecular weight excluding hydrogens is 278 g/mol. The number of carboxylic acid groups (broad SMARTS) is 1. The van der Waals surface area contributed by atoms with Crippen LogP contribution >= 0.6 is 11.8 Å². The van der Waals surface area contributed by atoms with E-state index >= 15 is 0 Å². The summed E-state index contributed by atoms with van der Waals surface area (Å²) in [5.41, 5.74) is 0. The predicted molar refractivity (Wildman–Crippen MR) is 81.2 cm³/mol. The van der Waals surface area contributed by atoms with Crippen molar-refractivity contribution in [2.45, 2.75) is 31.3 Å². The van der Waals surface area contributed by atoms with Gasteiger partial charge in [0.25, 0.3) is 0 Å². The second-order valence-corrected chi connectivity index (χ2v) is 6.29. The summed E-state index contributed by atoms with van der Waals surface area (Å²) in [4.78, 5) is 27.1. The molecule has 1 aliphatic heterocycles. The number of nitrogens with zero attached hydrogens (tertiary/aromatic N) is 2. The van der Waals surface area contributed by atoms with Gasteiger partial charge in [-0.1, -0.05) is 0 Å². The van der Waals surface area contributed by atoms with Gasteiger partial charge in [0.1, 0.15) is 6.04 Å². The molecule has 116 valence electrons. The van der Waals surface area contributed by atoms with Crippen molar-refractivity contribution < 1.29 is 14.7 Å². The largest absolute Gasteiger partial charge is 0.480 e. The van der Waals surface area contributed by atoms with Gasteiger partial charge >= 0.3 is 12.0 Å². The van der Waals surface area contributed by atoms with E-state index in [0.29, 0.717) is 25.6 Å². The molecule has 7 heteroatoms. The molecule has 0 bridgehead atoms. The maximum atomic E-state index is 12.1. The molecule has 1 fully saturated rings. The molecule has 2 N–H and O–H groups in total. The molecule has 0 spiro atoms. The highest BCUT2D eigenvalue weighted by Gasteiger charge is 2.27. The highest BCUT2D eigenvalue weighted by molar-refractivity contribution is 7.98. The Morgan fingerprint density at radius 1 is 1.40 bits per heavy atom. The average Bonchev–Trinajstić information content (AvgIpc) is 2.42. The van der Waals surface area contributed by atoms with E-state index < -0.39 is 12.0 Å². The fourth-order valence-corrected chi connectivity index (χ4v) is 2.79. The Labute approximate surface area is 124 Å². The topological polar surface area (TPSA) is 72.9 Å². The van der Waals surface area contributed by atoms with Crippen LogP contribution in [-0.2, 0) is 4.79 Å². The van der Waals surface area contributed by atoms with E-state index in [1.165, 1.54) is 0 Å². The Balaban J connectivity index is 2.43. The van der Waals surface area contributed by atoms with Gasteiger partial charge in [0.2, 0.25) is 0 Å². The van der Waals surface area contributed by atoms with Crippen LogP contribution in [0.1, 0.15) is 19.3 Å². The van der Waals surface area contributed by atoms with Gasteiger partial charge in [-0.15, -0.1) is 0 Å². The van der Waals surface area contributed by atoms with Gasteiger partial charge in [-0.2, -0.15) is 11.8 Å². The number of likely N-dealkylation sites (tertiary alicyclic amines) is 1. The van der Waals surface area contributed by atoms with Crippen molar-refractivity contribution in [1.82, 2.24) is 15.1 Å². The van der Waals surface area contributed by atoms with E-state index in [4.69, 9.17) is 5.11 Å². The molecular formula is C13H25N3O3S. The summed E-state index contributed by atoms with van der Waals surface area (Å²) < 4.78 is 0. The van der Waals surface area contributed by atoms with E-state index in [-0.39, 0.29) is 6.03 Å². The van der Waals surface area contributed by atoms with Crippen molar-refractivity contribution in [2.24, 2.45) is 0 Å². The van der Waals surface area contributed by atoms with Gasteiger partial charge in [-0.3, -0.25) is 0 Å². The van der Waals surface area contributed by atoms with Gasteiger partial charge in [0.15, 0.2) is 0 Å². The second-order valence-electron chi connectivity index (χ2n) is 5.30. The molecule has 20 heavy (non-hydrogen) atoms. The molecule has 2 amide bonds. The molecule has 0 radical (unpaired) electrons. The zero-order valence-electron chi connectivity index (χ0n) is 12.5. The van der Waals surface area contributed by atoms with E-state index in [1.54, 1.807) is 16.7 Å². The number of amides is 2. The van der Waals surface area contributed by atoms with E-state index in [9.17, 15) is 9.59 Å².